The molecule has 3 nitrogen and oxygen atoms in total. The van der Waals surface area contributed by atoms with Crippen molar-refractivity contribution < 1.29 is 9.90 Å². The number of hydrogen-bond donors (Lipinski definition) is 1. The second-order valence-corrected chi connectivity index (χ2v) is 5.28. The average molecular weight is 239 g/mol. The molecule has 1 fully saturated rings. The summed E-state index contributed by atoms with van der Waals surface area (Å²) in [7, 11) is 1.83. The third-order valence-electron chi connectivity index (χ3n) is 3.21. The summed E-state index contributed by atoms with van der Waals surface area (Å²) in [6.07, 6.45) is 2.95. The third-order valence-corrected chi connectivity index (χ3v) is 4.16. The number of nitrogens with zero attached hydrogens (tertiary/aromatic N) is 1. The van der Waals surface area contributed by atoms with Crippen molar-refractivity contribution in [3.63, 3.8) is 0 Å². The molecule has 1 aliphatic carbocycles. The van der Waals surface area contributed by atoms with E-state index in [1.807, 2.05) is 24.6 Å². The van der Waals surface area contributed by atoms with E-state index >= 15 is 0 Å². The molecule has 1 N–H and O–H groups in total. The first-order chi connectivity index (χ1) is 7.68. The first-order valence-corrected chi connectivity index (χ1v) is 6.55. The summed E-state index contributed by atoms with van der Waals surface area (Å²) in [5, 5.41) is 12.4. The first kappa shape index (κ1) is 11.6. The second-order valence-electron chi connectivity index (χ2n) is 4.35. The monoisotopic (exact) mass is 239 g/mol. The molecule has 0 aliphatic heterocycles. The predicted octanol–water partition coefficient (Wildman–Crippen LogP) is 2.26. The van der Waals surface area contributed by atoms with E-state index in [9.17, 15) is 9.90 Å². The minimum absolute atomic E-state index is 0.0931. The van der Waals surface area contributed by atoms with Crippen LogP contribution in [0.5, 0.6) is 0 Å². The Hall–Kier alpha value is -0.870. The van der Waals surface area contributed by atoms with E-state index in [0.29, 0.717) is 0 Å². The van der Waals surface area contributed by atoms with Crippen LogP contribution in [0.3, 0.4) is 0 Å². The van der Waals surface area contributed by atoms with E-state index in [1.165, 1.54) is 0 Å². The van der Waals surface area contributed by atoms with E-state index in [4.69, 9.17) is 0 Å². The normalized spacial score (nSPS) is 25.4. The quantitative estimate of drug-likeness (QED) is 0.860. The fraction of sp³-hybridized carbons (Fsp3) is 0.583. The number of carbonyl (C=O) groups excluding carboxylic acids is 1. The average Bonchev–Trinajstić information content (AvgIpc) is 2.81. The molecule has 0 radical (unpaired) electrons. The van der Waals surface area contributed by atoms with Gasteiger partial charge in [-0.25, -0.2) is 0 Å². The third kappa shape index (κ3) is 2.44. The predicted molar refractivity (Wildman–Crippen MR) is 65.7 cm³/mol. The van der Waals surface area contributed by atoms with Crippen LogP contribution in [-0.2, 0) is 4.79 Å². The molecule has 0 atom stereocenters. The zero-order chi connectivity index (χ0) is 11.5. The Morgan fingerprint density at radius 1 is 1.44 bits per heavy atom. The lowest BCUT2D eigenvalue weighted by Crippen LogP contribution is -2.35. The molecule has 0 unspecified atom stereocenters. The van der Waals surface area contributed by atoms with Gasteiger partial charge in [0.05, 0.1) is 11.1 Å². The molecule has 16 heavy (non-hydrogen) atoms. The molecule has 4 heteroatoms. The van der Waals surface area contributed by atoms with Gasteiger partial charge in [-0.1, -0.05) is 0 Å². The summed E-state index contributed by atoms with van der Waals surface area (Å²) in [6, 6.07) is 3.91. The number of anilines is 1. The van der Waals surface area contributed by atoms with Crippen molar-refractivity contribution in [2.45, 2.75) is 31.8 Å². The highest BCUT2D eigenvalue weighted by atomic mass is 32.1. The summed E-state index contributed by atoms with van der Waals surface area (Å²) >= 11 is 1.58. The molecule has 1 aromatic rings. The van der Waals surface area contributed by atoms with Crippen molar-refractivity contribution in [1.82, 2.24) is 0 Å². The summed E-state index contributed by atoms with van der Waals surface area (Å²) in [5.74, 6) is 0.282. The Bertz CT molecular complexity index is 342. The Labute approximate surface area is 99.7 Å². The molecule has 0 spiro atoms. The molecule has 2 rings (SSSR count). The lowest BCUT2D eigenvalue weighted by Gasteiger charge is -2.27. The molecule has 1 aliphatic rings. The molecular weight excluding hydrogens is 222 g/mol. The number of hydrogen-bond acceptors (Lipinski definition) is 3. The van der Waals surface area contributed by atoms with Gasteiger partial charge >= 0.3 is 0 Å². The Balaban J connectivity index is 1.97. The smallest absolute Gasteiger partial charge is 0.230 e. The maximum atomic E-state index is 12.2. The Morgan fingerprint density at radius 2 is 2.12 bits per heavy atom. The number of amides is 1. The maximum absolute atomic E-state index is 12.2. The van der Waals surface area contributed by atoms with Gasteiger partial charge < -0.3 is 10.0 Å². The zero-order valence-electron chi connectivity index (χ0n) is 9.43. The number of aliphatic hydroxyl groups excluding tert-OH is 1. The standard InChI is InChI=1S/C12H17NO2S/c1-13(11-3-2-8-16-11)12(15)9-4-6-10(14)7-5-9/h2-3,8-10,14H,4-7H2,1H3. The van der Waals surface area contributed by atoms with E-state index < -0.39 is 0 Å². The van der Waals surface area contributed by atoms with Crippen LogP contribution in [0, 0.1) is 5.92 Å². The van der Waals surface area contributed by atoms with Gasteiger partial charge in [0.1, 0.15) is 0 Å². The SMILES string of the molecule is CN(C(=O)C1CCC(O)CC1)c1cccs1. The van der Waals surface area contributed by atoms with Gasteiger partial charge in [0.25, 0.3) is 0 Å². The van der Waals surface area contributed by atoms with Crippen LogP contribution >= 0.6 is 11.3 Å². The first-order valence-electron chi connectivity index (χ1n) is 5.67. The van der Waals surface area contributed by atoms with Crippen molar-refractivity contribution in [1.29, 1.82) is 0 Å². The van der Waals surface area contributed by atoms with Gasteiger partial charge in [0.2, 0.25) is 5.91 Å². The van der Waals surface area contributed by atoms with E-state index in [1.54, 1.807) is 16.2 Å². The summed E-state index contributed by atoms with van der Waals surface area (Å²) in [6.45, 7) is 0. The Kier molecular flexibility index (Phi) is 3.61. The van der Waals surface area contributed by atoms with Gasteiger partial charge in [-0.2, -0.15) is 0 Å². The van der Waals surface area contributed by atoms with E-state index in [2.05, 4.69) is 0 Å². The number of thiophene rings is 1. The fourth-order valence-corrected chi connectivity index (χ4v) is 2.87. The topological polar surface area (TPSA) is 40.5 Å². The molecule has 0 aromatic carbocycles. The largest absolute Gasteiger partial charge is 0.393 e. The van der Waals surface area contributed by atoms with Crippen molar-refractivity contribution in [3.8, 4) is 0 Å². The molecule has 1 amide bonds. The van der Waals surface area contributed by atoms with Crippen molar-refractivity contribution >= 4 is 22.2 Å². The van der Waals surface area contributed by atoms with Crippen LogP contribution < -0.4 is 4.90 Å². The van der Waals surface area contributed by atoms with E-state index in [-0.39, 0.29) is 17.9 Å². The maximum Gasteiger partial charge on any atom is 0.230 e. The molecule has 1 aromatic heterocycles. The number of carbonyl (C=O) groups is 1. The van der Waals surface area contributed by atoms with Gasteiger partial charge in [-0.3, -0.25) is 4.79 Å². The van der Waals surface area contributed by atoms with Crippen LogP contribution in [0.25, 0.3) is 0 Å². The van der Waals surface area contributed by atoms with Crippen LogP contribution in [0.15, 0.2) is 17.5 Å². The van der Waals surface area contributed by atoms with Crippen LogP contribution in [0.4, 0.5) is 5.00 Å². The second kappa shape index (κ2) is 4.97. The molecule has 1 saturated carbocycles. The highest BCUT2D eigenvalue weighted by molar-refractivity contribution is 7.14. The minimum atomic E-state index is -0.198. The zero-order valence-corrected chi connectivity index (χ0v) is 10.2. The minimum Gasteiger partial charge on any atom is -0.393 e. The molecule has 0 bridgehead atoms. The number of rotatable bonds is 2. The molecule has 1 heterocycles. The van der Waals surface area contributed by atoms with Crippen molar-refractivity contribution in [3.05, 3.63) is 17.5 Å². The van der Waals surface area contributed by atoms with Crippen molar-refractivity contribution in [2.75, 3.05) is 11.9 Å². The highest BCUT2D eigenvalue weighted by Crippen LogP contribution is 2.28. The summed E-state index contributed by atoms with van der Waals surface area (Å²) < 4.78 is 0. The summed E-state index contributed by atoms with van der Waals surface area (Å²) in [4.78, 5) is 13.9. The van der Waals surface area contributed by atoms with E-state index in [0.717, 1.165) is 30.7 Å². The summed E-state index contributed by atoms with van der Waals surface area (Å²) in [5.41, 5.74) is 0. The Morgan fingerprint density at radius 3 is 2.69 bits per heavy atom. The van der Waals surface area contributed by atoms with Gasteiger partial charge in [-0.15, -0.1) is 11.3 Å². The van der Waals surface area contributed by atoms with Crippen LogP contribution in [0.2, 0.25) is 0 Å². The molecule has 0 saturated heterocycles. The lowest BCUT2D eigenvalue weighted by atomic mass is 9.86. The highest BCUT2D eigenvalue weighted by Gasteiger charge is 2.27. The van der Waals surface area contributed by atoms with Crippen LogP contribution in [0.1, 0.15) is 25.7 Å². The lowest BCUT2D eigenvalue weighted by molar-refractivity contribution is -0.123. The van der Waals surface area contributed by atoms with Gasteiger partial charge in [-0.05, 0) is 43.2 Å². The molecular formula is C12H17NO2S. The van der Waals surface area contributed by atoms with Crippen molar-refractivity contribution in [2.24, 2.45) is 5.92 Å². The fourth-order valence-electron chi connectivity index (χ4n) is 2.17. The van der Waals surface area contributed by atoms with Gasteiger partial charge in [0.15, 0.2) is 0 Å². The molecule has 88 valence electrons. The number of aliphatic hydroxyl groups is 1. The van der Waals surface area contributed by atoms with Crippen LogP contribution in [-0.4, -0.2) is 24.2 Å². The van der Waals surface area contributed by atoms with Gasteiger partial charge in [0, 0.05) is 13.0 Å².